The number of benzene rings is 1. The van der Waals surface area contributed by atoms with Crippen LogP contribution < -0.4 is 10.5 Å². The smallest absolute Gasteiger partial charge is 0.341 e. The topological polar surface area (TPSA) is 74.4 Å². The third kappa shape index (κ3) is 2.07. The fraction of sp³-hybridized carbons (Fsp3) is 0.231. The summed E-state index contributed by atoms with van der Waals surface area (Å²) >= 11 is 0. The van der Waals surface area contributed by atoms with Crippen LogP contribution >= 0.6 is 0 Å². The number of carbonyl (C=O) groups excluding carboxylic acids is 1. The van der Waals surface area contributed by atoms with Gasteiger partial charge < -0.3 is 15.2 Å². The molecule has 0 radical (unpaired) electrons. The second-order valence-corrected chi connectivity index (χ2v) is 3.67. The highest BCUT2D eigenvalue weighted by atomic mass is 16.5. The minimum Gasteiger partial charge on any atom is -0.496 e. The maximum absolute atomic E-state index is 11.7. The summed E-state index contributed by atoms with van der Waals surface area (Å²) in [7, 11) is 1.56. The van der Waals surface area contributed by atoms with Crippen molar-refractivity contribution in [1.29, 1.82) is 0 Å². The van der Waals surface area contributed by atoms with Gasteiger partial charge in [0.25, 0.3) is 0 Å². The summed E-state index contributed by atoms with van der Waals surface area (Å²) < 4.78 is 10.2. The summed E-state index contributed by atoms with van der Waals surface area (Å²) in [5.74, 6) is 0.329. The summed E-state index contributed by atoms with van der Waals surface area (Å²) in [5, 5.41) is 0.734. The summed E-state index contributed by atoms with van der Waals surface area (Å²) in [6.07, 6.45) is 0. The lowest BCUT2D eigenvalue weighted by molar-refractivity contribution is 0.0527. The fourth-order valence-corrected chi connectivity index (χ4v) is 1.73. The first kappa shape index (κ1) is 12.2. The van der Waals surface area contributed by atoms with Gasteiger partial charge in [-0.3, -0.25) is 0 Å². The molecule has 0 bridgehead atoms. The second kappa shape index (κ2) is 4.91. The van der Waals surface area contributed by atoms with E-state index in [2.05, 4.69) is 4.98 Å². The Morgan fingerprint density at radius 1 is 1.44 bits per heavy atom. The van der Waals surface area contributed by atoms with Crippen molar-refractivity contribution in [3.8, 4) is 5.75 Å². The van der Waals surface area contributed by atoms with Crippen LogP contribution in [0.25, 0.3) is 10.9 Å². The van der Waals surface area contributed by atoms with Crippen molar-refractivity contribution < 1.29 is 14.3 Å². The van der Waals surface area contributed by atoms with E-state index in [0.717, 1.165) is 5.39 Å². The van der Waals surface area contributed by atoms with Crippen LogP contribution in [0.2, 0.25) is 0 Å². The number of anilines is 1. The van der Waals surface area contributed by atoms with Crippen LogP contribution in [0, 0.1) is 0 Å². The maximum Gasteiger partial charge on any atom is 0.341 e. The average Bonchev–Trinajstić information content (AvgIpc) is 2.37. The molecule has 1 aromatic heterocycles. The Morgan fingerprint density at radius 3 is 2.89 bits per heavy atom. The highest BCUT2D eigenvalue weighted by Crippen LogP contribution is 2.27. The highest BCUT2D eigenvalue weighted by Gasteiger charge is 2.14. The van der Waals surface area contributed by atoms with E-state index in [1.807, 2.05) is 12.1 Å². The molecule has 0 aliphatic rings. The molecule has 1 heterocycles. The number of carbonyl (C=O) groups is 1. The Bertz CT molecular complexity index is 596. The van der Waals surface area contributed by atoms with Gasteiger partial charge in [-0.2, -0.15) is 0 Å². The minimum absolute atomic E-state index is 0.161. The number of nitrogens with two attached hydrogens (primary N) is 1. The largest absolute Gasteiger partial charge is 0.496 e. The first-order valence-corrected chi connectivity index (χ1v) is 5.57. The molecule has 2 aromatic rings. The quantitative estimate of drug-likeness (QED) is 0.838. The van der Waals surface area contributed by atoms with Crippen LogP contribution in [0.3, 0.4) is 0 Å². The van der Waals surface area contributed by atoms with Crippen LogP contribution in [0.15, 0.2) is 24.3 Å². The van der Waals surface area contributed by atoms with Crippen LogP contribution in [-0.4, -0.2) is 24.7 Å². The molecule has 0 spiro atoms. The van der Waals surface area contributed by atoms with Gasteiger partial charge in [0.15, 0.2) is 0 Å². The van der Waals surface area contributed by atoms with Gasteiger partial charge in [0, 0.05) is 5.39 Å². The number of fused-ring (bicyclic) bond motifs is 1. The monoisotopic (exact) mass is 246 g/mol. The summed E-state index contributed by atoms with van der Waals surface area (Å²) in [5.41, 5.74) is 6.70. The Kier molecular flexibility index (Phi) is 3.32. The Hall–Kier alpha value is -2.30. The van der Waals surface area contributed by atoms with Crippen LogP contribution in [0.5, 0.6) is 5.75 Å². The molecule has 5 heteroatoms. The lowest BCUT2D eigenvalue weighted by atomic mass is 10.1. The molecule has 0 saturated carbocycles. The van der Waals surface area contributed by atoms with E-state index in [4.69, 9.17) is 15.2 Å². The zero-order valence-electron chi connectivity index (χ0n) is 10.3. The molecule has 0 unspecified atom stereocenters. The SMILES string of the molecule is CCOC(=O)c1cc2c(OC)cccc2nc1N. The number of nitrogens with zero attached hydrogens (tertiary/aromatic N) is 1. The Balaban J connectivity index is 2.62. The normalized spacial score (nSPS) is 10.3. The average molecular weight is 246 g/mol. The zero-order valence-corrected chi connectivity index (χ0v) is 10.3. The number of ether oxygens (including phenoxy) is 2. The standard InChI is InChI=1S/C13H14N2O3/c1-3-18-13(16)9-7-8-10(15-12(9)14)5-4-6-11(8)17-2/h4-7H,3H2,1-2H3,(H2,14,15). The van der Waals surface area contributed by atoms with Crippen molar-refractivity contribution in [2.24, 2.45) is 0 Å². The van der Waals surface area contributed by atoms with Gasteiger partial charge in [-0.15, -0.1) is 0 Å². The molecule has 5 nitrogen and oxygen atoms in total. The first-order valence-electron chi connectivity index (χ1n) is 5.57. The third-order valence-electron chi connectivity index (χ3n) is 2.56. The number of methoxy groups -OCH3 is 1. The fourth-order valence-electron chi connectivity index (χ4n) is 1.73. The van der Waals surface area contributed by atoms with Crippen LogP contribution in [-0.2, 0) is 4.74 Å². The Morgan fingerprint density at radius 2 is 2.22 bits per heavy atom. The van der Waals surface area contributed by atoms with Crippen LogP contribution in [0.4, 0.5) is 5.82 Å². The number of esters is 1. The number of hydrogen-bond donors (Lipinski definition) is 1. The lowest BCUT2D eigenvalue weighted by Crippen LogP contribution is -2.09. The second-order valence-electron chi connectivity index (χ2n) is 3.67. The molecule has 0 aliphatic carbocycles. The van der Waals surface area contributed by atoms with E-state index in [1.165, 1.54) is 0 Å². The number of nitrogen functional groups attached to an aromatic ring is 1. The molecule has 94 valence electrons. The molecule has 0 fully saturated rings. The number of hydrogen-bond acceptors (Lipinski definition) is 5. The van der Waals surface area contributed by atoms with E-state index in [-0.39, 0.29) is 11.4 Å². The van der Waals surface area contributed by atoms with Crippen molar-refractivity contribution in [2.45, 2.75) is 6.92 Å². The molecule has 2 rings (SSSR count). The van der Waals surface area contributed by atoms with Gasteiger partial charge in [0.05, 0.1) is 19.2 Å². The van der Waals surface area contributed by atoms with E-state index >= 15 is 0 Å². The molecule has 0 atom stereocenters. The van der Waals surface area contributed by atoms with Crippen molar-refractivity contribution in [3.63, 3.8) is 0 Å². The van der Waals surface area contributed by atoms with E-state index in [1.54, 1.807) is 26.2 Å². The van der Waals surface area contributed by atoms with E-state index < -0.39 is 5.97 Å². The maximum atomic E-state index is 11.7. The first-order chi connectivity index (χ1) is 8.67. The lowest BCUT2D eigenvalue weighted by Gasteiger charge is -2.09. The number of pyridine rings is 1. The van der Waals surface area contributed by atoms with Crippen molar-refractivity contribution in [1.82, 2.24) is 4.98 Å². The van der Waals surface area contributed by atoms with E-state index in [9.17, 15) is 4.79 Å². The molecule has 1 aromatic carbocycles. The minimum atomic E-state index is -0.477. The molecular weight excluding hydrogens is 232 g/mol. The predicted molar refractivity (Wildman–Crippen MR) is 68.7 cm³/mol. The van der Waals surface area contributed by atoms with Gasteiger partial charge >= 0.3 is 5.97 Å². The van der Waals surface area contributed by atoms with Crippen molar-refractivity contribution >= 4 is 22.7 Å². The summed E-state index contributed by atoms with van der Waals surface area (Å²) in [4.78, 5) is 15.9. The van der Waals surface area contributed by atoms with Gasteiger partial charge in [0.1, 0.15) is 17.1 Å². The number of rotatable bonds is 3. The molecule has 0 saturated heterocycles. The van der Waals surface area contributed by atoms with Crippen LogP contribution in [0.1, 0.15) is 17.3 Å². The Labute approximate surface area is 105 Å². The van der Waals surface area contributed by atoms with Crippen molar-refractivity contribution in [2.75, 3.05) is 19.5 Å². The number of aromatic nitrogens is 1. The van der Waals surface area contributed by atoms with Gasteiger partial charge in [-0.05, 0) is 25.1 Å². The van der Waals surface area contributed by atoms with Gasteiger partial charge in [-0.1, -0.05) is 6.07 Å². The third-order valence-corrected chi connectivity index (χ3v) is 2.56. The molecule has 0 aliphatic heterocycles. The van der Waals surface area contributed by atoms with Gasteiger partial charge in [-0.25, -0.2) is 9.78 Å². The zero-order chi connectivity index (χ0) is 13.1. The van der Waals surface area contributed by atoms with Crippen molar-refractivity contribution in [3.05, 3.63) is 29.8 Å². The summed E-state index contributed by atoms with van der Waals surface area (Å²) in [6, 6.07) is 7.07. The summed E-state index contributed by atoms with van der Waals surface area (Å²) in [6.45, 7) is 2.03. The predicted octanol–water partition coefficient (Wildman–Crippen LogP) is 2.00. The van der Waals surface area contributed by atoms with Gasteiger partial charge in [0.2, 0.25) is 0 Å². The van der Waals surface area contributed by atoms with E-state index in [0.29, 0.717) is 17.9 Å². The molecule has 18 heavy (non-hydrogen) atoms. The molecule has 2 N–H and O–H groups in total. The highest BCUT2D eigenvalue weighted by molar-refractivity contribution is 6.00. The molecular formula is C13H14N2O3. The molecule has 0 amide bonds.